The Morgan fingerprint density at radius 3 is 2.76 bits per heavy atom. The van der Waals surface area contributed by atoms with E-state index in [1.54, 1.807) is 0 Å². The number of aryl methyl sites for hydroxylation is 2. The lowest BCUT2D eigenvalue weighted by Gasteiger charge is -2.11. The maximum atomic E-state index is 13.2. The number of alkyl halides is 3. The molecule has 1 aromatic carbocycles. The van der Waals surface area contributed by atoms with Crippen molar-refractivity contribution in [2.45, 2.75) is 25.9 Å². The average molecular weight is 402 g/mol. The molecule has 0 spiro atoms. The molecule has 2 aromatic heterocycles. The number of carbonyl (C=O) groups is 1. The van der Waals surface area contributed by atoms with Crippen LogP contribution < -0.4 is 10.1 Å². The van der Waals surface area contributed by atoms with Gasteiger partial charge in [-0.1, -0.05) is 6.07 Å². The van der Waals surface area contributed by atoms with Crippen molar-refractivity contribution in [3.8, 4) is 11.6 Å². The summed E-state index contributed by atoms with van der Waals surface area (Å²) in [6.45, 7) is 4.12. The van der Waals surface area contributed by atoms with E-state index in [2.05, 4.69) is 15.4 Å². The number of rotatable bonds is 3. The average Bonchev–Trinajstić information content (AvgIpc) is 3.28. The van der Waals surface area contributed by atoms with Crippen molar-refractivity contribution in [3.63, 3.8) is 0 Å². The first-order valence-electron chi connectivity index (χ1n) is 8.87. The highest BCUT2D eigenvalue weighted by atomic mass is 19.4. The first-order valence-corrected chi connectivity index (χ1v) is 8.87. The van der Waals surface area contributed by atoms with Crippen molar-refractivity contribution in [2.24, 2.45) is 0 Å². The fraction of sp³-hybridized carbons (Fsp3) is 0.250. The molecule has 3 heterocycles. The number of halogens is 3. The number of fused-ring (bicyclic) bond motifs is 1. The normalized spacial score (nSPS) is 15.7. The molecule has 150 valence electrons. The lowest BCUT2D eigenvalue weighted by atomic mass is 9.96. The van der Waals surface area contributed by atoms with Crippen LogP contribution in [0.4, 0.5) is 19.0 Å². The zero-order chi connectivity index (χ0) is 20.8. The number of amides is 1. The smallest absolute Gasteiger partial charge is 0.420 e. The molecule has 9 heteroatoms. The van der Waals surface area contributed by atoms with Crippen LogP contribution in [-0.2, 0) is 11.0 Å². The number of nitrogens with zero attached hydrogens (tertiary/aromatic N) is 3. The minimum atomic E-state index is -4.57. The molecule has 0 fully saturated rings. The maximum absolute atomic E-state index is 13.2. The Morgan fingerprint density at radius 1 is 1.24 bits per heavy atom. The number of ether oxygens (including phenoxy) is 1. The minimum Gasteiger partial charge on any atom is -0.492 e. The van der Waals surface area contributed by atoms with Gasteiger partial charge in [0.1, 0.15) is 23.8 Å². The second kappa shape index (κ2) is 6.91. The van der Waals surface area contributed by atoms with Gasteiger partial charge in [-0.3, -0.25) is 4.79 Å². The second-order valence-electron chi connectivity index (χ2n) is 6.85. The molecule has 1 N–H and O–H groups in total. The van der Waals surface area contributed by atoms with Gasteiger partial charge in [0, 0.05) is 24.0 Å². The van der Waals surface area contributed by atoms with Crippen molar-refractivity contribution in [3.05, 3.63) is 65.0 Å². The predicted octanol–water partition coefficient (Wildman–Crippen LogP) is 4.02. The van der Waals surface area contributed by atoms with Gasteiger partial charge in [0.25, 0.3) is 0 Å². The molecule has 1 aliphatic heterocycles. The van der Waals surface area contributed by atoms with Crippen molar-refractivity contribution < 1.29 is 22.7 Å². The zero-order valence-corrected chi connectivity index (χ0v) is 15.6. The molecular formula is C20H17F3N4O2. The van der Waals surface area contributed by atoms with E-state index in [1.165, 1.54) is 24.5 Å². The highest BCUT2D eigenvalue weighted by Crippen LogP contribution is 2.37. The summed E-state index contributed by atoms with van der Waals surface area (Å²) in [6, 6.07) is 7.37. The van der Waals surface area contributed by atoms with Gasteiger partial charge in [-0.25, -0.2) is 9.67 Å². The van der Waals surface area contributed by atoms with Crippen molar-refractivity contribution >= 4 is 11.7 Å². The van der Waals surface area contributed by atoms with Crippen LogP contribution in [0.2, 0.25) is 0 Å². The van der Waals surface area contributed by atoms with Crippen LogP contribution >= 0.6 is 0 Å². The van der Waals surface area contributed by atoms with Crippen LogP contribution in [-0.4, -0.2) is 27.3 Å². The van der Waals surface area contributed by atoms with Gasteiger partial charge in [0.15, 0.2) is 11.6 Å². The van der Waals surface area contributed by atoms with E-state index in [1.807, 2.05) is 26.0 Å². The van der Waals surface area contributed by atoms with E-state index < -0.39 is 17.7 Å². The Hall–Kier alpha value is -3.36. The molecule has 3 aromatic rings. The number of nitrogens with one attached hydrogen (secondary N) is 1. The molecule has 0 saturated heterocycles. The van der Waals surface area contributed by atoms with Crippen LogP contribution in [0.15, 0.2) is 42.7 Å². The number of anilines is 1. The summed E-state index contributed by atoms with van der Waals surface area (Å²) in [4.78, 5) is 16.5. The highest BCUT2D eigenvalue weighted by molar-refractivity contribution is 5.96. The number of aromatic nitrogens is 3. The van der Waals surface area contributed by atoms with Crippen molar-refractivity contribution in [1.29, 1.82) is 0 Å². The Bertz CT molecular complexity index is 1090. The van der Waals surface area contributed by atoms with Crippen LogP contribution in [0.3, 0.4) is 0 Å². The zero-order valence-electron chi connectivity index (χ0n) is 15.6. The third kappa shape index (κ3) is 3.55. The monoisotopic (exact) mass is 402 g/mol. The highest BCUT2D eigenvalue weighted by Gasteiger charge is 2.35. The summed E-state index contributed by atoms with van der Waals surface area (Å²) >= 11 is 0. The summed E-state index contributed by atoms with van der Waals surface area (Å²) in [5.74, 6) is -0.418. The molecule has 1 atom stereocenters. The number of hydrogen-bond acceptors (Lipinski definition) is 4. The summed E-state index contributed by atoms with van der Waals surface area (Å²) in [6.07, 6.45) is -2.00. The molecular weight excluding hydrogens is 385 g/mol. The first kappa shape index (κ1) is 19.0. The number of carbonyl (C=O) groups excluding carboxylic acids is 1. The van der Waals surface area contributed by atoms with Crippen LogP contribution in [0.1, 0.15) is 28.2 Å². The van der Waals surface area contributed by atoms with Gasteiger partial charge in [0.2, 0.25) is 5.91 Å². The number of benzene rings is 1. The number of pyridine rings is 1. The SMILES string of the molecule is Cc1cc2c(cc1C)C(C(=O)Nc1ccn(-c3ncccc3C(F)(F)F)n1)CO2. The Kier molecular flexibility index (Phi) is 4.52. The van der Waals surface area contributed by atoms with Crippen molar-refractivity contribution in [1.82, 2.24) is 14.8 Å². The maximum Gasteiger partial charge on any atom is 0.420 e. The molecule has 0 radical (unpaired) electrons. The van der Waals surface area contributed by atoms with Crippen LogP contribution in [0.5, 0.6) is 5.75 Å². The standard InChI is InChI=1S/C20H17F3N4O2/c1-11-8-13-14(10-29-16(13)9-12(11)2)19(28)25-17-5-7-27(26-17)18-15(20(21,22)23)4-3-6-24-18/h3-9,14H,10H2,1-2H3,(H,25,26,28). The van der Waals surface area contributed by atoms with Gasteiger partial charge in [-0.15, -0.1) is 5.10 Å². The molecule has 4 rings (SSSR count). The quantitative estimate of drug-likeness (QED) is 0.719. The molecule has 1 unspecified atom stereocenters. The molecule has 1 aliphatic rings. The number of hydrogen-bond donors (Lipinski definition) is 1. The molecule has 0 aliphatic carbocycles. The molecule has 1 amide bonds. The third-order valence-electron chi connectivity index (χ3n) is 4.87. The third-order valence-corrected chi connectivity index (χ3v) is 4.87. The van der Waals surface area contributed by atoms with E-state index >= 15 is 0 Å². The minimum absolute atomic E-state index is 0.131. The summed E-state index contributed by atoms with van der Waals surface area (Å²) in [5.41, 5.74) is 1.99. The second-order valence-corrected chi connectivity index (χ2v) is 6.85. The predicted molar refractivity (Wildman–Crippen MR) is 99.1 cm³/mol. The lowest BCUT2D eigenvalue weighted by Crippen LogP contribution is -2.22. The summed E-state index contributed by atoms with van der Waals surface area (Å²) < 4.78 is 46.2. The Balaban J connectivity index is 1.56. The van der Waals surface area contributed by atoms with E-state index in [4.69, 9.17) is 4.74 Å². The van der Waals surface area contributed by atoms with E-state index in [0.29, 0.717) is 5.75 Å². The summed E-state index contributed by atoms with van der Waals surface area (Å²) in [7, 11) is 0. The lowest BCUT2D eigenvalue weighted by molar-refractivity contribution is -0.137. The van der Waals surface area contributed by atoms with Gasteiger partial charge in [-0.2, -0.15) is 13.2 Å². The largest absolute Gasteiger partial charge is 0.492 e. The molecule has 29 heavy (non-hydrogen) atoms. The van der Waals surface area contributed by atoms with E-state index in [0.717, 1.165) is 27.4 Å². The Morgan fingerprint density at radius 2 is 2.00 bits per heavy atom. The van der Waals surface area contributed by atoms with Gasteiger partial charge < -0.3 is 10.1 Å². The molecule has 0 saturated carbocycles. The first-order chi connectivity index (χ1) is 13.7. The van der Waals surface area contributed by atoms with Gasteiger partial charge >= 0.3 is 6.18 Å². The fourth-order valence-electron chi connectivity index (χ4n) is 3.21. The fourth-order valence-corrected chi connectivity index (χ4v) is 3.21. The molecule has 6 nitrogen and oxygen atoms in total. The van der Waals surface area contributed by atoms with Gasteiger partial charge in [-0.05, 0) is 43.2 Å². The Labute approximate surface area is 164 Å². The summed E-state index contributed by atoms with van der Waals surface area (Å²) in [5, 5.41) is 6.68. The van der Waals surface area contributed by atoms with E-state index in [9.17, 15) is 18.0 Å². The molecule has 0 bridgehead atoms. The van der Waals surface area contributed by atoms with E-state index in [-0.39, 0.29) is 24.1 Å². The van der Waals surface area contributed by atoms with Gasteiger partial charge in [0.05, 0.1) is 0 Å². The topological polar surface area (TPSA) is 69.0 Å². The van der Waals surface area contributed by atoms with Crippen molar-refractivity contribution in [2.75, 3.05) is 11.9 Å². The van der Waals surface area contributed by atoms with Crippen LogP contribution in [0, 0.1) is 13.8 Å². The van der Waals surface area contributed by atoms with Crippen LogP contribution in [0.25, 0.3) is 5.82 Å².